The maximum atomic E-state index is 11.7. The summed E-state index contributed by atoms with van der Waals surface area (Å²) >= 11 is 1.29. The van der Waals surface area contributed by atoms with Crippen molar-refractivity contribution in [1.82, 2.24) is 10.3 Å². The largest absolute Gasteiger partial charge is 0.476 e. The molecule has 22 heavy (non-hydrogen) atoms. The topological polar surface area (TPSA) is 88.5 Å². The summed E-state index contributed by atoms with van der Waals surface area (Å²) < 4.78 is 5.69. The van der Waals surface area contributed by atoms with Crippen LogP contribution >= 0.6 is 11.3 Å². The number of carboxylic acids is 1. The number of carboxylic acid groups (broad SMARTS) is 1. The summed E-state index contributed by atoms with van der Waals surface area (Å²) in [7, 11) is 0. The van der Waals surface area contributed by atoms with E-state index in [9.17, 15) is 9.59 Å². The van der Waals surface area contributed by atoms with Crippen LogP contribution in [0.3, 0.4) is 0 Å². The fourth-order valence-electron chi connectivity index (χ4n) is 2.60. The Hall–Kier alpha value is -1.47. The molecule has 1 saturated carbocycles. The lowest BCUT2D eigenvalue weighted by Gasteiger charge is -2.28. The Morgan fingerprint density at radius 3 is 2.91 bits per heavy atom. The number of carbonyl (C=O) groups excluding carboxylic acids is 1. The van der Waals surface area contributed by atoms with Crippen molar-refractivity contribution in [2.24, 2.45) is 5.92 Å². The van der Waals surface area contributed by atoms with E-state index in [2.05, 4.69) is 17.2 Å². The van der Waals surface area contributed by atoms with Gasteiger partial charge in [-0.1, -0.05) is 19.8 Å². The molecule has 0 aliphatic heterocycles. The second-order valence-corrected chi connectivity index (χ2v) is 6.59. The number of thiazole rings is 1. The van der Waals surface area contributed by atoms with Crippen LogP contribution in [0.4, 0.5) is 0 Å². The normalized spacial score (nSPS) is 21.5. The van der Waals surface area contributed by atoms with E-state index < -0.39 is 5.97 Å². The van der Waals surface area contributed by atoms with E-state index in [1.165, 1.54) is 36.0 Å². The van der Waals surface area contributed by atoms with Gasteiger partial charge in [-0.2, -0.15) is 0 Å². The van der Waals surface area contributed by atoms with Crippen LogP contribution in [0.1, 0.15) is 48.1 Å². The van der Waals surface area contributed by atoms with E-state index in [4.69, 9.17) is 9.84 Å². The number of ether oxygens (including phenoxy) is 1. The summed E-state index contributed by atoms with van der Waals surface area (Å²) in [5.74, 6) is -0.638. The smallest absolute Gasteiger partial charge is 0.355 e. The molecule has 0 bridgehead atoms. The van der Waals surface area contributed by atoms with E-state index in [1.807, 2.05) is 0 Å². The lowest BCUT2D eigenvalue weighted by Crippen LogP contribution is -2.34. The first-order chi connectivity index (χ1) is 10.6. The Bertz CT molecular complexity index is 517. The zero-order chi connectivity index (χ0) is 15.9. The number of nitrogens with one attached hydrogen (secondary N) is 1. The number of amides is 1. The minimum atomic E-state index is -1.03. The molecule has 2 unspecified atom stereocenters. The average Bonchev–Trinajstić information content (AvgIpc) is 2.95. The molecule has 1 fully saturated rings. The predicted molar refractivity (Wildman–Crippen MR) is 83.2 cm³/mol. The maximum Gasteiger partial charge on any atom is 0.355 e. The van der Waals surface area contributed by atoms with Gasteiger partial charge in [0.2, 0.25) is 5.91 Å². The van der Waals surface area contributed by atoms with Gasteiger partial charge in [-0.3, -0.25) is 4.79 Å². The highest BCUT2D eigenvalue weighted by atomic mass is 32.1. The minimum Gasteiger partial charge on any atom is -0.476 e. The molecule has 1 aromatic heterocycles. The molecule has 0 aromatic carbocycles. The average molecular weight is 326 g/mol. The van der Waals surface area contributed by atoms with Crippen molar-refractivity contribution in [1.29, 1.82) is 0 Å². The van der Waals surface area contributed by atoms with Gasteiger partial charge in [0.05, 0.1) is 11.1 Å². The first-order valence-electron chi connectivity index (χ1n) is 7.62. The van der Waals surface area contributed by atoms with Gasteiger partial charge in [0.25, 0.3) is 0 Å². The summed E-state index contributed by atoms with van der Waals surface area (Å²) in [5, 5.41) is 13.8. The first kappa shape index (κ1) is 16.9. The van der Waals surface area contributed by atoms with Crippen LogP contribution in [-0.2, 0) is 16.0 Å². The molecule has 0 saturated heterocycles. The van der Waals surface area contributed by atoms with Gasteiger partial charge in [-0.05, 0) is 18.8 Å². The number of hydrogen-bond acceptors (Lipinski definition) is 5. The molecule has 122 valence electrons. The van der Waals surface area contributed by atoms with Crippen molar-refractivity contribution in [3.05, 3.63) is 16.1 Å². The standard InChI is InChI=1S/C15H22N2O4S/c1-10-4-2-3-5-12(10)21-8-13(18)16-7-6-14-17-11(9-22-14)15(19)20/h9-10,12H,2-8H2,1H3,(H,16,18)(H,19,20). The SMILES string of the molecule is CC1CCCCC1OCC(=O)NCCc1nc(C(=O)O)cs1. The Morgan fingerprint density at radius 1 is 1.45 bits per heavy atom. The monoisotopic (exact) mass is 326 g/mol. The van der Waals surface area contributed by atoms with E-state index in [0.717, 1.165) is 6.42 Å². The van der Waals surface area contributed by atoms with Gasteiger partial charge in [-0.25, -0.2) is 9.78 Å². The van der Waals surface area contributed by atoms with Crippen LogP contribution in [0.2, 0.25) is 0 Å². The van der Waals surface area contributed by atoms with Crippen LogP contribution in [0.25, 0.3) is 0 Å². The van der Waals surface area contributed by atoms with Gasteiger partial charge in [0.1, 0.15) is 6.61 Å². The van der Waals surface area contributed by atoms with Gasteiger partial charge in [-0.15, -0.1) is 11.3 Å². The molecule has 2 rings (SSSR count). The number of aromatic carboxylic acids is 1. The summed E-state index contributed by atoms with van der Waals surface area (Å²) in [6.45, 7) is 2.70. The third kappa shape index (κ3) is 5.06. The van der Waals surface area contributed by atoms with E-state index in [-0.39, 0.29) is 24.3 Å². The van der Waals surface area contributed by atoms with Gasteiger partial charge in [0.15, 0.2) is 5.69 Å². The highest BCUT2D eigenvalue weighted by Crippen LogP contribution is 2.26. The summed E-state index contributed by atoms with van der Waals surface area (Å²) in [6.07, 6.45) is 5.35. The number of rotatable bonds is 7. The van der Waals surface area contributed by atoms with Crippen molar-refractivity contribution in [3.8, 4) is 0 Å². The van der Waals surface area contributed by atoms with Crippen LogP contribution in [0, 0.1) is 5.92 Å². The summed E-state index contributed by atoms with van der Waals surface area (Å²) in [6, 6.07) is 0. The fourth-order valence-corrected chi connectivity index (χ4v) is 3.37. The quantitative estimate of drug-likeness (QED) is 0.801. The molecule has 1 aromatic rings. The molecule has 7 heteroatoms. The van der Waals surface area contributed by atoms with E-state index in [1.54, 1.807) is 0 Å². The number of aromatic nitrogens is 1. The van der Waals surface area contributed by atoms with Crippen molar-refractivity contribution in [3.63, 3.8) is 0 Å². The molecular weight excluding hydrogens is 304 g/mol. The third-order valence-electron chi connectivity index (χ3n) is 3.89. The van der Waals surface area contributed by atoms with Crippen LogP contribution < -0.4 is 5.32 Å². The highest BCUT2D eigenvalue weighted by molar-refractivity contribution is 7.09. The molecule has 1 aliphatic rings. The van der Waals surface area contributed by atoms with E-state index >= 15 is 0 Å². The van der Waals surface area contributed by atoms with Crippen molar-refractivity contribution in [2.75, 3.05) is 13.2 Å². The first-order valence-corrected chi connectivity index (χ1v) is 8.50. The van der Waals surface area contributed by atoms with Gasteiger partial charge in [0, 0.05) is 18.3 Å². The van der Waals surface area contributed by atoms with Crippen molar-refractivity contribution >= 4 is 23.2 Å². The lowest BCUT2D eigenvalue weighted by molar-refractivity contribution is -0.129. The Morgan fingerprint density at radius 2 is 2.23 bits per heavy atom. The number of nitrogens with zero attached hydrogens (tertiary/aromatic N) is 1. The molecule has 0 radical (unpaired) electrons. The fraction of sp³-hybridized carbons (Fsp3) is 0.667. The van der Waals surface area contributed by atoms with Crippen molar-refractivity contribution < 1.29 is 19.4 Å². The maximum absolute atomic E-state index is 11.7. The molecule has 2 N–H and O–H groups in total. The van der Waals surface area contributed by atoms with Crippen LogP contribution in [0.15, 0.2) is 5.38 Å². The highest BCUT2D eigenvalue weighted by Gasteiger charge is 2.22. The second kappa shape index (κ2) is 8.24. The van der Waals surface area contributed by atoms with Crippen LogP contribution in [-0.4, -0.2) is 41.2 Å². The molecule has 0 spiro atoms. The molecule has 1 aliphatic carbocycles. The minimum absolute atomic E-state index is 0.0564. The van der Waals surface area contributed by atoms with Gasteiger partial charge >= 0.3 is 5.97 Å². The molecule has 1 heterocycles. The zero-order valence-electron chi connectivity index (χ0n) is 12.7. The molecule has 6 nitrogen and oxygen atoms in total. The Labute approximate surface area is 133 Å². The Kier molecular flexibility index (Phi) is 6.33. The number of hydrogen-bond donors (Lipinski definition) is 2. The van der Waals surface area contributed by atoms with E-state index in [0.29, 0.717) is 23.9 Å². The second-order valence-electron chi connectivity index (χ2n) is 5.64. The van der Waals surface area contributed by atoms with Crippen molar-refractivity contribution in [2.45, 2.75) is 45.1 Å². The van der Waals surface area contributed by atoms with Crippen LogP contribution in [0.5, 0.6) is 0 Å². The summed E-state index contributed by atoms with van der Waals surface area (Å²) in [5.41, 5.74) is 0.0564. The van der Waals surface area contributed by atoms with Gasteiger partial charge < -0.3 is 15.2 Å². The third-order valence-corrected chi connectivity index (χ3v) is 4.80. The molecule has 2 atom stereocenters. The number of carbonyl (C=O) groups is 2. The molecule has 1 amide bonds. The lowest BCUT2D eigenvalue weighted by atomic mass is 9.88. The molecular formula is C15H22N2O4S. The zero-order valence-corrected chi connectivity index (χ0v) is 13.5. The summed E-state index contributed by atoms with van der Waals surface area (Å²) in [4.78, 5) is 26.4. The predicted octanol–water partition coefficient (Wildman–Crippen LogP) is 2.10. The Balaban J connectivity index is 1.63.